The molecule has 22 heavy (non-hydrogen) atoms. The summed E-state index contributed by atoms with van der Waals surface area (Å²) in [6.45, 7) is 3.83. The summed E-state index contributed by atoms with van der Waals surface area (Å²) >= 11 is 0. The zero-order valence-electron chi connectivity index (χ0n) is 12.4. The van der Waals surface area contributed by atoms with Gasteiger partial charge in [-0.2, -0.15) is 0 Å². The van der Waals surface area contributed by atoms with Crippen molar-refractivity contribution < 1.29 is 9.53 Å². The van der Waals surface area contributed by atoms with E-state index in [9.17, 15) is 4.79 Å². The van der Waals surface area contributed by atoms with Crippen LogP contribution >= 0.6 is 0 Å². The summed E-state index contributed by atoms with van der Waals surface area (Å²) in [4.78, 5) is 20.8. The number of nitrogens with one attached hydrogen (secondary N) is 1. The molecule has 0 atom stereocenters. The molecule has 6 heteroatoms. The molecule has 3 aromatic rings. The van der Waals surface area contributed by atoms with Crippen LogP contribution in [0.25, 0.3) is 5.65 Å². The van der Waals surface area contributed by atoms with Gasteiger partial charge in [-0.3, -0.25) is 4.79 Å². The number of aromatic nitrogens is 3. The number of carbonyl (C=O) groups excluding carboxylic acids is 1. The van der Waals surface area contributed by atoms with Gasteiger partial charge in [-0.15, -0.1) is 0 Å². The highest BCUT2D eigenvalue weighted by Gasteiger charge is 2.16. The van der Waals surface area contributed by atoms with Crippen LogP contribution in [0.4, 0.5) is 5.82 Å². The highest BCUT2D eigenvalue weighted by molar-refractivity contribution is 6.05. The van der Waals surface area contributed by atoms with Crippen LogP contribution in [0, 0.1) is 0 Å². The number of hydrogen-bond acceptors (Lipinski definition) is 4. The number of hydrogen-bond donors (Lipinski definition) is 1. The van der Waals surface area contributed by atoms with Crippen LogP contribution < -0.4 is 10.1 Å². The van der Waals surface area contributed by atoms with Crippen LogP contribution in [-0.4, -0.2) is 26.4 Å². The van der Waals surface area contributed by atoms with Crippen molar-refractivity contribution in [1.82, 2.24) is 14.4 Å². The van der Waals surface area contributed by atoms with Gasteiger partial charge in [-0.25, -0.2) is 9.97 Å². The summed E-state index contributed by atoms with van der Waals surface area (Å²) in [7, 11) is 0. The maximum Gasteiger partial charge on any atom is 0.262 e. The molecule has 0 bridgehead atoms. The molecule has 0 aliphatic carbocycles. The summed E-state index contributed by atoms with van der Waals surface area (Å²) < 4.78 is 7.53. The maximum absolute atomic E-state index is 12.5. The minimum absolute atomic E-state index is 0.0428. The topological polar surface area (TPSA) is 68.5 Å². The maximum atomic E-state index is 12.5. The minimum Gasteiger partial charge on any atom is -0.490 e. The molecule has 112 valence electrons. The molecule has 0 spiro atoms. The van der Waals surface area contributed by atoms with Crippen LogP contribution in [0.5, 0.6) is 5.75 Å². The van der Waals surface area contributed by atoms with E-state index in [1.54, 1.807) is 47.4 Å². The third kappa shape index (κ3) is 2.90. The molecule has 0 aromatic carbocycles. The van der Waals surface area contributed by atoms with Gasteiger partial charge in [0.2, 0.25) is 0 Å². The molecule has 0 fully saturated rings. The lowest BCUT2D eigenvalue weighted by Crippen LogP contribution is -2.17. The van der Waals surface area contributed by atoms with E-state index in [4.69, 9.17) is 4.74 Å². The first-order valence-electron chi connectivity index (χ1n) is 6.99. The predicted molar refractivity (Wildman–Crippen MR) is 83.1 cm³/mol. The van der Waals surface area contributed by atoms with Crippen LogP contribution in [0.2, 0.25) is 0 Å². The van der Waals surface area contributed by atoms with Gasteiger partial charge in [0.25, 0.3) is 5.91 Å². The number of ether oxygens (including phenoxy) is 1. The van der Waals surface area contributed by atoms with Gasteiger partial charge in [0.1, 0.15) is 17.2 Å². The van der Waals surface area contributed by atoms with Gasteiger partial charge in [0.05, 0.1) is 11.7 Å². The molecule has 1 N–H and O–H groups in total. The Bertz CT molecular complexity index is 796. The summed E-state index contributed by atoms with van der Waals surface area (Å²) in [6.07, 6.45) is 6.75. The third-order valence-electron chi connectivity index (χ3n) is 3.01. The van der Waals surface area contributed by atoms with Crippen LogP contribution in [-0.2, 0) is 0 Å². The lowest BCUT2D eigenvalue weighted by atomic mass is 10.2. The monoisotopic (exact) mass is 296 g/mol. The van der Waals surface area contributed by atoms with Crippen molar-refractivity contribution in [2.45, 2.75) is 20.0 Å². The highest BCUT2D eigenvalue weighted by Crippen LogP contribution is 2.23. The molecule has 1 amide bonds. The number of amides is 1. The summed E-state index contributed by atoms with van der Waals surface area (Å²) in [5, 5.41) is 2.76. The van der Waals surface area contributed by atoms with Crippen molar-refractivity contribution in [3.63, 3.8) is 0 Å². The fourth-order valence-electron chi connectivity index (χ4n) is 2.09. The number of imidazole rings is 1. The van der Waals surface area contributed by atoms with Gasteiger partial charge in [-0.05, 0) is 26.0 Å². The lowest BCUT2D eigenvalue weighted by molar-refractivity contribution is 0.102. The molecular weight excluding hydrogens is 280 g/mol. The SMILES string of the molecule is CC(C)Oc1cc2nccn2cc1C(=O)Nc1ccccn1. The molecule has 0 aliphatic heterocycles. The lowest BCUT2D eigenvalue weighted by Gasteiger charge is -2.14. The van der Waals surface area contributed by atoms with E-state index in [2.05, 4.69) is 15.3 Å². The van der Waals surface area contributed by atoms with E-state index in [0.29, 0.717) is 17.1 Å². The Kier molecular flexibility index (Phi) is 3.74. The molecule has 3 heterocycles. The van der Waals surface area contributed by atoms with E-state index in [1.165, 1.54) is 0 Å². The van der Waals surface area contributed by atoms with Gasteiger partial charge >= 0.3 is 0 Å². The van der Waals surface area contributed by atoms with Gasteiger partial charge < -0.3 is 14.5 Å². The molecule has 6 nitrogen and oxygen atoms in total. The quantitative estimate of drug-likeness (QED) is 0.803. The fraction of sp³-hybridized carbons (Fsp3) is 0.188. The molecule has 0 aliphatic rings. The van der Waals surface area contributed by atoms with E-state index >= 15 is 0 Å². The predicted octanol–water partition coefficient (Wildman–Crippen LogP) is 2.77. The summed E-state index contributed by atoms with van der Waals surface area (Å²) in [6, 6.07) is 7.09. The van der Waals surface area contributed by atoms with E-state index < -0.39 is 0 Å². The second-order valence-electron chi connectivity index (χ2n) is 5.08. The first kappa shape index (κ1) is 14.1. The first-order chi connectivity index (χ1) is 10.6. The van der Waals surface area contributed by atoms with E-state index in [-0.39, 0.29) is 12.0 Å². The molecule has 0 radical (unpaired) electrons. The summed E-state index contributed by atoms with van der Waals surface area (Å²) in [5.74, 6) is 0.723. The Labute approximate surface area is 127 Å². The molecule has 0 saturated heterocycles. The standard InChI is InChI=1S/C16H16N4O2/c1-11(2)22-13-9-15-18-7-8-20(15)10-12(13)16(21)19-14-5-3-4-6-17-14/h3-11H,1-2H3,(H,17,19,21). The number of pyridine rings is 2. The van der Waals surface area contributed by atoms with Crippen LogP contribution in [0.15, 0.2) is 49.1 Å². The molecule has 0 saturated carbocycles. The van der Waals surface area contributed by atoms with Crippen molar-refractivity contribution in [3.8, 4) is 5.75 Å². The van der Waals surface area contributed by atoms with Gasteiger partial charge in [0.15, 0.2) is 0 Å². The average Bonchev–Trinajstić information content (AvgIpc) is 2.94. The summed E-state index contributed by atoms with van der Waals surface area (Å²) in [5.41, 5.74) is 1.16. The van der Waals surface area contributed by atoms with Gasteiger partial charge in [-0.1, -0.05) is 6.07 Å². The molecule has 3 aromatic heterocycles. The Hall–Kier alpha value is -2.89. The number of anilines is 1. The third-order valence-corrected chi connectivity index (χ3v) is 3.01. The largest absolute Gasteiger partial charge is 0.490 e. The van der Waals surface area contributed by atoms with Crippen molar-refractivity contribution in [3.05, 3.63) is 54.6 Å². The van der Waals surface area contributed by atoms with Crippen molar-refractivity contribution >= 4 is 17.4 Å². The second kappa shape index (κ2) is 5.85. The Morgan fingerprint density at radius 3 is 2.86 bits per heavy atom. The smallest absolute Gasteiger partial charge is 0.262 e. The van der Waals surface area contributed by atoms with Crippen LogP contribution in [0.3, 0.4) is 0 Å². The Morgan fingerprint density at radius 2 is 2.14 bits per heavy atom. The highest BCUT2D eigenvalue weighted by atomic mass is 16.5. The normalized spacial score (nSPS) is 10.9. The number of carbonyl (C=O) groups is 1. The minimum atomic E-state index is -0.273. The number of nitrogens with zero attached hydrogens (tertiary/aromatic N) is 3. The van der Waals surface area contributed by atoms with E-state index in [0.717, 1.165) is 5.65 Å². The molecule has 0 unspecified atom stereocenters. The molecular formula is C16H16N4O2. The zero-order valence-corrected chi connectivity index (χ0v) is 12.4. The van der Waals surface area contributed by atoms with Crippen LogP contribution in [0.1, 0.15) is 24.2 Å². The number of fused-ring (bicyclic) bond motifs is 1. The van der Waals surface area contributed by atoms with Crippen molar-refractivity contribution in [2.24, 2.45) is 0 Å². The Morgan fingerprint density at radius 1 is 1.27 bits per heavy atom. The second-order valence-corrected chi connectivity index (χ2v) is 5.08. The first-order valence-corrected chi connectivity index (χ1v) is 6.99. The van der Waals surface area contributed by atoms with E-state index in [1.807, 2.05) is 19.9 Å². The Balaban J connectivity index is 1.98. The molecule has 3 rings (SSSR count). The number of rotatable bonds is 4. The zero-order chi connectivity index (χ0) is 15.5. The van der Waals surface area contributed by atoms with Crippen molar-refractivity contribution in [2.75, 3.05) is 5.32 Å². The fourth-order valence-corrected chi connectivity index (χ4v) is 2.09. The average molecular weight is 296 g/mol. The van der Waals surface area contributed by atoms with Crippen molar-refractivity contribution in [1.29, 1.82) is 0 Å². The van der Waals surface area contributed by atoms with Gasteiger partial charge in [0, 0.05) is 30.9 Å².